The summed E-state index contributed by atoms with van der Waals surface area (Å²) in [5.74, 6) is 1.95. The van der Waals surface area contributed by atoms with Crippen LogP contribution >= 0.6 is 0 Å². The largest absolute Gasteiger partial charge is 0.299 e. The van der Waals surface area contributed by atoms with Crippen molar-refractivity contribution in [2.24, 2.45) is 11.8 Å². The number of hydrogen-bond donors (Lipinski definition) is 0. The van der Waals surface area contributed by atoms with Crippen LogP contribution in [0.25, 0.3) is 5.57 Å². The molecule has 1 saturated carbocycles. The van der Waals surface area contributed by atoms with Crippen LogP contribution in [-0.4, -0.2) is 24.5 Å². The minimum atomic E-state index is 0.947. The fraction of sp³-hybridized carbons (Fsp3) is 0.391. The lowest BCUT2D eigenvalue weighted by Gasteiger charge is -2.23. The van der Waals surface area contributed by atoms with Gasteiger partial charge in [-0.25, -0.2) is 0 Å². The van der Waals surface area contributed by atoms with Gasteiger partial charge in [0, 0.05) is 13.1 Å². The maximum Gasteiger partial charge on any atom is 0.0172 e. The van der Waals surface area contributed by atoms with Crippen LogP contribution in [0.15, 0.2) is 66.7 Å². The lowest BCUT2D eigenvalue weighted by molar-refractivity contribution is 0.260. The predicted molar refractivity (Wildman–Crippen MR) is 102 cm³/mol. The molecule has 1 aliphatic heterocycles. The number of rotatable bonds is 4. The first kappa shape index (κ1) is 15.7. The van der Waals surface area contributed by atoms with Crippen molar-refractivity contribution in [3.63, 3.8) is 0 Å². The second-order valence-corrected chi connectivity index (χ2v) is 7.44. The van der Waals surface area contributed by atoms with Gasteiger partial charge in [0.1, 0.15) is 0 Å². The van der Waals surface area contributed by atoms with Crippen molar-refractivity contribution in [1.82, 2.24) is 4.90 Å². The summed E-state index contributed by atoms with van der Waals surface area (Å²) in [5, 5.41) is 0. The molecular formula is C23H27N. The van der Waals surface area contributed by atoms with Crippen LogP contribution in [0, 0.1) is 11.8 Å². The molecule has 2 bridgehead atoms. The molecule has 2 aliphatic rings. The van der Waals surface area contributed by atoms with Crippen molar-refractivity contribution >= 4 is 5.57 Å². The van der Waals surface area contributed by atoms with Crippen molar-refractivity contribution in [2.75, 3.05) is 19.6 Å². The highest BCUT2D eigenvalue weighted by Crippen LogP contribution is 2.36. The van der Waals surface area contributed by atoms with Crippen LogP contribution in [0.3, 0.4) is 0 Å². The Hall–Kier alpha value is -1.86. The molecule has 4 rings (SSSR count). The maximum absolute atomic E-state index is 2.68. The zero-order valence-electron chi connectivity index (χ0n) is 14.4. The van der Waals surface area contributed by atoms with Gasteiger partial charge in [-0.05, 0) is 54.3 Å². The van der Waals surface area contributed by atoms with Crippen molar-refractivity contribution < 1.29 is 0 Å². The monoisotopic (exact) mass is 317 g/mol. The van der Waals surface area contributed by atoms with Crippen molar-refractivity contribution in [3.05, 3.63) is 77.9 Å². The smallest absolute Gasteiger partial charge is 0.0172 e. The lowest BCUT2D eigenvalue weighted by Crippen LogP contribution is -2.29. The molecule has 0 N–H and O–H groups in total. The highest BCUT2D eigenvalue weighted by molar-refractivity contribution is 5.79. The Labute approximate surface area is 146 Å². The summed E-state index contributed by atoms with van der Waals surface area (Å²) >= 11 is 0. The summed E-state index contributed by atoms with van der Waals surface area (Å²) in [5.41, 5.74) is 4.01. The van der Waals surface area contributed by atoms with E-state index in [4.69, 9.17) is 0 Å². The number of benzene rings is 2. The van der Waals surface area contributed by atoms with Gasteiger partial charge in [0.2, 0.25) is 0 Å². The van der Waals surface area contributed by atoms with Crippen LogP contribution < -0.4 is 0 Å². The maximum atomic E-state index is 2.68. The van der Waals surface area contributed by atoms with Gasteiger partial charge >= 0.3 is 0 Å². The molecule has 1 heteroatoms. The van der Waals surface area contributed by atoms with Gasteiger partial charge in [-0.2, -0.15) is 0 Å². The molecule has 1 heterocycles. The Morgan fingerprint density at radius 3 is 2.12 bits per heavy atom. The molecule has 1 saturated heterocycles. The zero-order valence-corrected chi connectivity index (χ0v) is 14.4. The van der Waals surface area contributed by atoms with Gasteiger partial charge in [-0.3, -0.25) is 4.90 Å². The Kier molecular flexibility index (Phi) is 4.80. The average molecular weight is 317 g/mol. The van der Waals surface area contributed by atoms with Crippen LogP contribution in [-0.2, 0) is 0 Å². The fourth-order valence-corrected chi connectivity index (χ4v) is 4.45. The Balaban J connectivity index is 1.56. The van der Waals surface area contributed by atoms with Crippen LogP contribution in [0.2, 0.25) is 0 Å². The Bertz CT molecular complexity index is 632. The van der Waals surface area contributed by atoms with E-state index in [1.807, 2.05) is 0 Å². The summed E-state index contributed by atoms with van der Waals surface area (Å²) < 4.78 is 0. The third kappa shape index (κ3) is 3.62. The van der Waals surface area contributed by atoms with Gasteiger partial charge in [0.25, 0.3) is 0 Å². The molecule has 0 aromatic heterocycles. The minimum absolute atomic E-state index is 0.947. The molecule has 2 atom stereocenters. The van der Waals surface area contributed by atoms with Crippen molar-refractivity contribution in [1.29, 1.82) is 0 Å². The van der Waals surface area contributed by atoms with Gasteiger partial charge in [-0.1, -0.05) is 73.2 Å². The standard InChI is InChI=1S/C23H27N/c1-3-7-21(8-4-1)23(22-9-5-2-6-10-22)14-16-24-15-13-19-11-12-20(17-19)18-24/h1-10,14,19-20H,11-13,15-18H2/t19-,20+/m1/s1. The Morgan fingerprint density at radius 2 is 1.46 bits per heavy atom. The molecule has 2 aromatic rings. The second kappa shape index (κ2) is 7.36. The molecule has 124 valence electrons. The van der Waals surface area contributed by atoms with Gasteiger partial charge in [0.15, 0.2) is 0 Å². The summed E-state index contributed by atoms with van der Waals surface area (Å²) in [6.07, 6.45) is 8.26. The molecular weight excluding hydrogens is 290 g/mol. The summed E-state index contributed by atoms with van der Waals surface area (Å²) in [4.78, 5) is 2.68. The summed E-state index contributed by atoms with van der Waals surface area (Å²) in [7, 11) is 0. The first-order chi connectivity index (χ1) is 11.9. The summed E-state index contributed by atoms with van der Waals surface area (Å²) in [6.45, 7) is 3.64. The third-order valence-electron chi connectivity index (χ3n) is 5.74. The highest BCUT2D eigenvalue weighted by atomic mass is 15.1. The van der Waals surface area contributed by atoms with E-state index >= 15 is 0 Å². The van der Waals surface area contributed by atoms with Crippen LogP contribution in [0.4, 0.5) is 0 Å². The van der Waals surface area contributed by atoms with Crippen LogP contribution in [0.1, 0.15) is 36.8 Å². The van der Waals surface area contributed by atoms with E-state index in [0.29, 0.717) is 0 Å². The zero-order chi connectivity index (χ0) is 16.2. The molecule has 1 aliphatic carbocycles. The first-order valence-electron chi connectivity index (χ1n) is 9.42. The van der Waals surface area contributed by atoms with E-state index < -0.39 is 0 Å². The van der Waals surface area contributed by atoms with E-state index in [-0.39, 0.29) is 0 Å². The second-order valence-electron chi connectivity index (χ2n) is 7.44. The molecule has 0 unspecified atom stereocenters. The first-order valence-corrected chi connectivity index (χ1v) is 9.42. The van der Waals surface area contributed by atoms with Gasteiger partial charge in [-0.15, -0.1) is 0 Å². The number of nitrogens with zero attached hydrogens (tertiary/aromatic N) is 1. The van der Waals surface area contributed by atoms with E-state index in [0.717, 1.165) is 18.4 Å². The molecule has 0 spiro atoms. The summed E-state index contributed by atoms with van der Waals surface area (Å²) in [6, 6.07) is 21.6. The number of fused-ring (bicyclic) bond motifs is 2. The van der Waals surface area contributed by atoms with E-state index in [1.54, 1.807) is 0 Å². The minimum Gasteiger partial charge on any atom is -0.299 e. The molecule has 24 heavy (non-hydrogen) atoms. The highest BCUT2D eigenvalue weighted by Gasteiger charge is 2.29. The van der Waals surface area contributed by atoms with Gasteiger partial charge < -0.3 is 0 Å². The van der Waals surface area contributed by atoms with E-state index in [9.17, 15) is 0 Å². The van der Waals surface area contributed by atoms with E-state index in [2.05, 4.69) is 71.6 Å². The molecule has 2 aromatic carbocycles. The van der Waals surface area contributed by atoms with Gasteiger partial charge in [0.05, 0.1) is 0 Å². The molecule has 0 amide bonds. The normalized spacial score (nSPS) is 23.7. The predicted octanol–water partition coefficient (Wildman–Crippen LogP) is 5.24. The van der Waals surface area contributed by atoms with Crippen molar-refractivity contribution in [3.8, 4) is 0 Å². The Morgan fingerprint density at radius 1 is 0.833 bits per heavy atom. The quantitative estimate of drug-likeness (QED) is 0.745. The third-order valence-corrected chi connectivity index (χ3v) is 5.74. The number of likely N-dealkylation sites (tertiary alicyclic amines) is 1. The average Bonchev–Trinajstić information content (AvgIpc) is 2.98. The van der Waals surface area contributed by atoms with E-state index in [1.165, 1.54) is 55.5 Å². The molecule has 2 fully saturated rings. The number of hydrogen-bond acceptors (Lipinski definition) is 1. The van der Waals surface area contributed by atoms with Crippen LogP contribution in [0.5, 0.6) is 0 Å². The topological polar surface area (TPSA) is 3.24 Å². The van der Waals surface area contributed by atoms with Crippen molar-refractivity contribution in [2.45, 2.75) is 25.7 Å². The molecule has 1 nitrogen and oxygen atoms in total. The fourth-order valence-electron chi connectivity index (χ4n) is 4.45. The SMILES string of the molecule is C(CN1CC[C@H]2CC[C@@H](C2)C1)=C(c1ccccc1)c1ccccc1. The molecule has 0 radical (unpaired) electrons. The lowest BCUT2D eigenvalue weighted by atomic mass is 9.97.